The van der Waals surface area contributed by atoms with Crippen molar-refractivity contribution < 1.29 is 19.0 Å². The monoisotopic (exact) mass is 352 g/mol. The molecule has 0 fully saturated rings. The molecule has 142 valence electrons. The number of ether oxygens (including phenoxy) is 3. The summed E-state index contributed by atoms with van der Waals surface area (Å²) < 4.78 is 15.6. The number of rotatable bonds is 12. The molecule has 0 radical (unpaired) electrons. The maximum absolute atomic E-state index is 12.0. The van der Waals surface area contributed by atoms with Gasteiger partial charge in [0.25, 0.3) is 0 Å². The topological polar surface area (TPSA) is 60.0 Å². The number of benzene rings is 1. The lowest BCUT2D eigenvalue weighted by Crippen LogP contribution is -2.46. The molecule has 0 atom stereocenters. The number of nitrogens with zero attached hydrogens (tertiary/aromatic N) is 1. The molecule has 6 nitrogen and oxygen atoms in total. The van der Waals surface area contributed by atoms with Crippen LogP contribution in [0.4, 0.5) is 4.79 Å². The minimum atomic E-state index is -0.394. The van der Waals surface area contributed by atoms with Gasteiger partial charge in [0.2, 0.25) is 0 Å². The molecule has 0 aliphatic heterocycles. The van der Waals surface area contributed by atoms with E-state index < -0.39 is 6.09 Å². The van der Waals surface area contributed by atoms with Crippen molar-refractivity contribution in [2.24, 2.45) is 0 Å². The highest BCUT2D eigenvalue weighted by atomic mass is 16.5. The molecule has 0 heterocycles. The molecule has 0 aromatic heterocycles. The van der Waals surface area contributed by atoms with Crippen molar-refractivity contribution in [3.8, 4) is 0 Å². The van der Waals surface area contributed by atoms with E-state index >= 15 is 0 Å². The number of methoxy groups -OCH3 is 2. The van der Waals surface area contributed by atoms with E-state index in [4.69, 9.17) is 14.2 Å². The molecule has 1 N–H and O–H groups in total. The first kappa shape index (κ1) is 21.4. The zero-order valence-electron chi connectivity index (χ0n) is 15.9. The van der Waals surface area contributed by atoms with Gasteiger partial charge in [0.05, 0.1) is 13.2 Å². The first-order valence-corrected chi connectivity index (χ1v) is 8.66. The molecule has 6 heteroatoms. The second-order valence-electron chi connectivity index (χ2n) is 6.65. The largest absolute Gasteiger partial charge is 0.445 e. The lowest BCUT2D eigenvalue weighted by Gasteiger charge is -2.30. The number of nitrogens with one attached hydrogen (secondary N) is 1. The molecule has 0 unspecified atom stereocenters. The van der Waals surface area contributed by atoms with Gasteiger partial charge >= 0.3 is 6.09 Å². The molecule has 0 saturated heterocycles. The predicted molar refractivity (Wildman–Crippen MR) is 98.7 cm³/mol. The molecule has 0 aliphatic rings. The highest BCUT2D eigenvalue weighted by Crippen LogP contribution is 2.11. The first-order chi connectivity index (χ1) is 12.0. The van der Waals surface area contributed by atoms with E-state index in [1.165, 1.54) is 0 Å². The van der Waals surface area contributed by atoms with Crippen molar-refractivity contribution in [3.05, 3.63) is 35.9 Å². The molecule has 1 aromatic carbocycles. The van der Waals surface area contributed by atoms with Gasteiger partial charge in [-0.05, 0) is 25.8 Å². The predicted octanol–water partition coefficient (Wildman–Crippen LogP) is 2.68. The van der Waals surface area contributed by atoms with Crippen molar-refractivity contribution in [2.45, 2.75) is 32.4 Å². The maximum atomic E-state index is 12.0. The third kappa shape index (κ3) is 10.1. The van der Waals surface area contributed by atoms with Crippen LogP contribution in [0.1, 0.15) is 25.8 Å². The van der Waals surface area contributed by atoms with Gasteiger partial charge in [-0.3, -0.25) is 4.90 Å². The Balaban J connectivity index is 2.37. The molecule has 0 bridgehead atoms. The fraction of sp³-hybridized carbons (Fsp3) is 0.632. The summed E-state index contributed by atoms with van der Waals surface area (Å²) in [6.45, 7) is 8.16. The molecule has 25 heavy (non-hydrogen) atoms. The van der Waals surface area contributed by atoms with Crippen LogP contribution in [0, 0.1) is 0 Å². The van der Waals surface area contributed by atoms with Crippen LogP contribution in [-0.2, 0) is 20.8 Å². The van der Waals surface area contributed by atoms with E-state index in [0.717, 1.165) is 31.6 Å². The molecule has 0 aliphatic carbocycles. The second-order valence-corrected chi connectivity index (χ2v) is 6.65. The van der Waals surface area contributed by atoms with Gasteiger partial charge in [-0.2, -0.15) is 0 Å². The number of hydrogen-bond donors (Lipinski definition) is 1. The highest BCUT2D eigenvalue weighted by Gasteiger charge is 2.22. The summed E-state index contributed by atoms with van der Waals surface area (Å²) in [5, 5.41) is 2.94. The molecule has 0 spiro atoms. The lowest BCUT2D eigenvalue weighted by molar-refractivity contribution is 0.103. The van der Waals surface area contributed by atoms with E-state index in [-0.39, 0.29) is 12.1 Å². The van der Waals surface area contributed by atoms with Gasteiger partial charge in [-0.25, -0.2) is 4.79 Å². The number of hydrogen-bond acceptors (Lipinski definition) is 5. The number of carbonyl (C=O) groups excluding carboxylic acids is 1. The Morgan fingerprint density at radius 2 is 1.64 bits per heavy atom. The van der Waals surface area contributed by atoms with E-state index in [1.807, 2.05) is 44.2 Å². The number of amides is 1. The van der Waals surface area contributed by atoms with Gasteiger partial charge < -0.3 is 19.5 Å². The van der Waals surface area contributed by atoms with Crippen LogP contribution in [0.2, 0.25) is 0 Å². The summed E-state index contributed by atoms with van der Waals surface area (Å²) in [7, 11) is 3.39. The maximum Gasteiger partial charge on any atom is 0.407 e. The normalized spacial score (nSPS) is 11.6. The van der Waals surface area contributed by atoms with E-state index in [9.17, 15) is 4.79 Å². The van der Waals surface area contributed by atoms with Crippen LogP contribution >= 0.6 is 0 Å². The van der Waals surface area contributed by atoms with Crippen LogP contribution in [0.5, 0.6) is 0 Å². The average molecular weight is 352 g/mol. The summed E-state index contributed by atoms with van der Waals surface area (Å²) in [6.07, 6.45) is 0.412. The zero-order valence-corrected chi connectivity index (χ0v) is 15.9. The SMILES string of the molecule is COCCN(CCOC)CCC(C)(C)NC(=O)OCc1ccccc1. The Bertz CT molecular complexity index is 472. The Morgan fingerprint density at radius 1 is 1.04 bits per heavy atom. The Hall–Kier alpha value is -1.63. The van der Waals surface area contributed by atoms with Crippen molar-refractivity contribution in [3.63, 3.8) is 0 Å². The van der Waals surface area contributed by atoms with Crippen molar-refractivity contribution in [1.82, 2.24) is 10.2 Å². The highest BCUT2D eigenvalue weighted by molar-refractivity contribution is 5.68. The van der Waals surface area contributed by atoms with Crippen molar-refractivity contribution in [2.75, 3.05) is 47.1 Å². The first-order valence-electron chi connectivity index (χ1n) is 8.66. The van der Waals surface area contributed by atoms with Crippen LogP contribution < -0.4 is 5.32 Å². The minimum absolute atomic E-state index is 0.274. The molecule has 1 rings (SSSR count). The standard InChI is InChI=1S/C19H32N2O4/c1-19(2,10-11-21(12-14-23-3)13-15-24-4)20-18(22)25-16-17-8-6-5-7-9-17/h5-9H,10-16H2,1-4H3,(H,20,22). The summed E-state index contributed by atoms with van der Waals surface area (Å²) in [6, 6.07) is 9.65. The number of carbonyl (C=O) groups is 1. The van der Waals surface area contributed by atoms with Gasteiger partial charge in [-0.1, -0.05) is 30.3 Å². The fourth-order valence-corrected chi connectivity index (χ4v) is 2.31. The summed E-state index contributed by atoms with van der Waals surface area (Å²) in [5.41, 5.74) is 0.618. The van der Waals surface area contributed by atoms with Crippen LogP contribution in [0.15, 0.2) is 30.3 Å². The molecular formula is C19H32N2O4. The van der Waals surface area contributed by atoms with Crippen LogP contribution in [0.3, 0.4) is 0 Å². The van der Waals surface area contributed by atoms with Gasteiger partial charge in [-0.15, -0.1) is 0 Å². The Kier molecular flexibility index (Phi) is 10.1. The number of alkyl carbamates (subject to hydrolysis) is 1. The van der Waals surface area contributed by atoms with Crippen LogP contribution in [0.25, 0.3) is 0 Å². The fourth-order valence-electron chi connectivity index (χ4n) is 2.31. The third-order valence-electron chi connectivity index (χ3n) is 3.93. The smallest absolute Gasteiger partial charge is 0.407 e. The average Bonchev–Trinajstić information content (AvgIpc) is 2.60. The molecule has 0 saturated carbocycles. The summed E-state index contributed by atoms with van der Waals surface area (Å²) in [4.78, 5) is 14.3. The molecular weight excluding hydrogens is 320 g/mol. The summed E-state index contributed by atoms with van der Waals surface area (Å²) in [5.74, 6) is 0. The van der Waals surface area contributed by atoms with E-state index in [1.54, 1.807) is 14.2 Å². The third-order valence-corrected chi connectivity index (χ3v) is 3.93. The second kappa shape index (κ2) is 11.8. The Labute approximate surface area is 151 Å². The Morgan fingerprint density at radius 3 is 2.20 bits per heavy atom. The van der Waals surface area contributed by atoms with Crippen molar-refractivity contribution in [1.29, 1.82) is 0 Å². The van der Waals surface area contributed by atoms with Gasteiger partial charge in [0, 0.05) is 39.4 Å². The lowest BCUT2D eigenvalue weighted by atomic mass is 10.0. The van der Waals surface area contributed by atoms with E-state index in [2.05, 4.69) is 10.2 Å². The van der Waals surface area contributed by atoms with Gasteiger partial charge in [0.15, 0.2) is 0 Å². The molecule has 1 amide bonds. The van der Waals surface area contributed by atoms with Crippen LogP contribution in [-0.4, -0.2) is 63.6 Å². The zero-order chi connectivity index (χ0) is 18.5. The minimum Gasteiger partial charge on any atom is -0.445 e. The molecule has 1 aromatic rings. The summed E-state index contributed by atoms with van der Waals surface area (Å²) >= 11 is 0. The quantitative estimate of drug-likeness (QED) is 0.627. The van der Waals surface area contributed by atoms with Crippen molar-refractivity contribution >= 4 is 6.09 Å². The van der Waals surface area contributed by atoms with Gasteiger partial charge in [0.1, 0.15) is 6.61 Å². The van der Waals surface area contributed by atoms with E-state index in [0.29, 0.717) is 13.2 Å².